The molecule has 0 aromatic heterocycles. The number of benzene rings is 2. The fraction of sp³-hybridized carbons (Fsp3) is 0.200. The van der Waals surface area contributed by atoms with Crippen molar-refractivity contribution in [1.82, 2.24) is 0 Å². The zero-order chi connectivity index (χ0) is 13.0. The van der Waals surface area contributed by atoms with Crippen molar-refractivity contribution in [2.24, 2.45) is 0 Å². The molecule has 0 spiro atoms. The molecule has 1 nitrogen and oxygen atoms in total. The van der Waals surface area contributed by atoms with Gasteiger partial charge in [0, 0.05) is 6.54 Å². The van der Waals surface area contributed by atoms with E-state index in [1.54, 1.807) is 0 Å². The van der Waals surface area contributed by atoms with Crippen LogP contribution in [0.4, 0.5) is 5.69 Å². The third kappa shape index (κ3) is 3.18. The second kappa shape index (κ2) is 6.12. The molecular formula is C15H15Cl2N. The van der Waals surface area contributed by atoms with Gasteiger partial charge in [-0.15, -0.1) is 0 Å². The molecule has 0 fully saturated rings. The molecule has 0 bridgehead atoms. The van der Waals surface area contributed by atoms with Crippen molar-refractivity contribution in [1.29, 1.82) is 0 Å². The fourth-order valence-corrected chi connectivity index (χ4v) is 2.28. The molecule has 0 saturated heterocycles. The van der Waals surface area contributed by atoms with Crippen LogP contribution in [0.3, 0.4) is 0 Å². The highest BCUT2D eigenvalue weighted by molar-refractivity contribution is 6.39. The lowest BCUT2D eigenvalue weighted by molar-refractivity contribution is 1.11. The van der Waals surface area contributed by atoms with Gasteiger partial charge in [-0.2, -0.15) is 0 Å². The molecule has 0 unspecified atom stereocenters. The highest BCUT2D eigenvalue weighted by Crippen LogP contribution is 2.30. The maximum Gasteiger partial charge on any atom is 0.0721 e. The lowest BCUT2D eigenvalue weighted by Crippen LogP contribution is -2.00. The molecule has 1 N–H and O–H groups in total. The summed E-state index contributed by atoms with van der Waals surface area (Å²) in [6.07, 6.45) is 1.06. The van der Waals surface area contributed by atoms with E-state index in [-0.39, 0.29) is 0 Å². The van der Waals surface area contributed by atoms with E-state index in [4.69, 9.17) is 23.2 Å². The molecule has 0 aliphatic rings. The number of nitrogens with one attached hydrogen (secondary N) is 1. The average molecular weight is 280 g/mol. The van der Waals surface area contributed by atoms with Crippen LogP contribution >= 0.6 is 23.2 Å². The van der Waals surface area contributed by atoms with E-state index < -0.39 is 0 Å². The minimum atomic E-state index is 0.646. The molecule has 0 radical (unpaired) electrons. The van der Waals surface area contributed by atoms with Gasteiger partial charge in [-0.3, -0.25) is 0 Å². The number of halogens is 2. The molecule has 0 aliphatic carbocycles. The summed E-state index contributed by atoms with van der Waals surface area (Å²) in [5, 5.41) is 4.56. The molecule has 2 aromatic carbocycles. The number of hydrogen-bond acceptors (Lipinski definition) is 1. The van der Waals surface area contributed by atoms with E-state index in [1.807, 2.05) is 18.2 Å². The summed E-state index contributed by atoms with van der Waals surface area (Å²) in [4.78, 5) is 0. The predicted octanol–water partition coefficient (Wildman–Crippen LogP) is 5.17. The molecular weight excluding hydrogens is 265 g/mol. The van der Waals surface area contributed by atoms with E-state index in [2.05, 4.69) is 36.5 Å². The van der Waals surface area contributed by atoms with Gasteiger partial charge in [0.15, 0.2) is 0 Å². The quantitative estimate of drug-likeness (QED) is 0.814. The minimum absolute atomic E-state index is 0.646. The summed E-state index contributed by atoms with van der Waals surface area (Å²) in [5.74, 6) is 0. The monoisotopic (exact) mass is 279 g/mol. The van der Waals surface area contributed by atoms with E-state index in [0.29, 0.717) is 16.6 Å². The molecule has 0 saturated carbocycles. The number of para-hydroxylation sites is 1. The van der Waals surface area contributed by atoms with Crippen LogP contribution < -0.4 is 5.32 Å². The zero-order valence-corrected chi connectivity index (χ0v) is 11.7. The van der Waals surface area contributed by atoms with Crippen LogP contribution in [0.25, 0.3) is 0 Å². The molecule has 0 amide bonds. The van der Waals surface area contributed by atoms with Gasteiger partial charge in [0.2, 0.25) is 0 Å². The Hall–Kier alpha value is -1.18. The van der Waals surface area contributed by atoms with Gasteiger partial charge < -0.3 is 5.32 Å². The van der Waals surface area contributed by atoms with Gasteiger partial charge >= 0.3 is 0 Å². The first-order valence-corrected chi connectivity index (χ1v) is 6.72. The lowest BCUT2D eigenvalue weighted by atomic mass is 10.1. The standard InChI is InChI=1S/C15H15Cl2N/c1-2-11-6-8-12(9-7-11)10-18-15-13(16)4-3-5-14(15)17/h3-9,18H,2,10H2,1H3. The summed E-state index contributed by atoms with van der Waals surface area (Å²) < 4.78 is 0. The third-order valence-corrected chi connectivity index (χ3v) is 3.49. The Bertz CT molecular complexity index is 500. The van der Waals surface area contributed by atoms with Gasteiger partial charge in [0.1, 0.15) is 0 Å². The number of anilines is 1. The smallest absolute Gasteiger partial charge is 0.0721 e. The summed E-state index contributed by atoms with van der Waals surface area (Å²) in [6, 6.07) is 14.0. The van der Waals surface area contributed by atoms with Crippen LogP contribution in [0.5, 0.6) is 0 Å². The Morgan fingerprint density at radius 1 is 0.889 bits per heavy atom. The van der Waals surface area contributed by atoms with Gasteiger partial charge in [-0.1, -0.05) is 60.5 Å². The van der Waals surface area contributed by atoms with Crippen LogP contribution in [-0.2, 0) is 13.0 Å². The Morgan fingerprint density at radius 3 is 2.00 bits per heavy atom. The van der Waals surface area contributed by atoms with Crippen molar-refractivity contribution in [3.63, 3.8) is 0 Å². The van der Waals surface area contributed by atoms with Crippen molar-refractivity contribution in [2.45, 2.75) is 19.9 Å². The number of rotatable bonds is 4. The van der Waals surface area contributed by atoms with Crippen molar-refractivity contribution in [2.75, 3.05) is 5.32 Å². The van der Waals surface area contributed by atoms with Crippen LogP contribution in [0.15, 0.2) is 42.5 Å². The SMILES string of the molecule is CCc1ccc(CNc2c(Cl)cccc2Cl)cc1. The normalized spacial score (nSPS) is 10.4. The zero-order valence-electron chi connectivity index (χ0n) is 10.2. The van der Waals surface area contributed by atoms with E-state index >= 15 is 0 Å². The van der Waals surface area contributed by atoms with Crippen molar-refractivity contribution < 1.29 is 0 Å². The first kappa shape index (κ1) is 13.3. The molecule has 0 atom stereocenters. The first-order chi connectivity index (χ1) is 8.70. The van der Waals surface area contributed by atoms with Crippen molar-refractivity contribution in [3.05, 3.63) is 63.6 Å². The van der Waals surface area contributed by atoms with E-state index in [1.165, 1.54) is 11.1 Å². The summed E-state index contributed by atoms with van der Waals surface area (Å²) >= 11 is 12.2. The maximum absolute atomic E-state index is 6.10. The highest BCUT2D eigenvalue weighted by Gasteiger charge is 2.04. The first-order valence-electron chi connectivity index (χ1n) is 5.96. The third-order valence-electron chi connectivity index (χ3n) is 2.86. The summed E-state index contributed by atoms with van der Waals surface area (Å²) in [6.45, 7) is 2.87. The van der Waals surface area contributed by atoms with Gasteiger partial charge in [0.25, 0.3) is 0 Å². The minimum Gasteiger partial charge on any atom is -0.379 e. The second-order valence-electron chi connectivity index (χ2n) is 4.12. The topological polar surface area (TPSA) is 12.0 Å². The second-order valence-corrected chi connectivity index (χ2v) is 4.93. The van der Waals surface area contributed by atoms with Gasteiger partial charge in [0.05, 0.1) is 15.7 Å². The molecule has 18 heavy (non-hydrogen) atoms. The Labute approximate surface area is 118 Å². The van der Waals surface area contributed by atoms with E-state index in [9.17, 15) is 0 Å². The van der Waals surface area contributed by atoms with Gasteiger partial charge in [-0.05, 0) is 29.7 Å². The summed E-state index contributed by atoms with van der Waals surface area (Å²) in [7, 11) is 0. The Kier molecular flexibility index (Phi) is 4.51. The molecule has 3 heteroatoms. The van der Waals surface area contributed by atoms with Crippen LogP contribution in [-0.4, -0.2) is 0 Å². The lowest BCUT2D eigenvalue weighted by Gasteiger charge is -2.10. The molecule has 0 heterocycles. The molecule has 0 aliphatic heterocycles. The average Bonchev–Trinajstić information content (AvgIpc) is 2.39. The predicted molar refractivity (Wildman–Crippen MR) is 79.6 cm³/mol. The number of aryl methyl sites for hydroxylation is 1. The molecule has 94 valence electrons. The van der Waals surface area contributed by atoms with Crippen LogP contribution in [0.2, 0.25) is 10.0 Å². The van der Waals surface area contributed by atoms with Crippen LogP contribution in [0.1, 0.15) is 18.1 Å². The summed E-state index contributed by atoms with van der Waals surface area (Å²) in [5.41, 5.74) is 3.35. The van der Waals surface area contributed by atoms with Crippen molar-refractivity contribution in [3.8, 4) is 0 Å². The highest BCUT2D eigenvalue weighted by atomic mass is 35.5. The maximum atomic E-state index is 6.10. The van der Waals surface area contributed by atoms with Crippen LogP contribution in [0, 0.1) is 0 Å². The number of hydrogen-bond donors (Lipinski definition) is 1. The van der Waals surface area contributed by atoms with Crippen molar-refractivity contribution >= 4 is 28.9 Å². The van der Waals surface area contributed by atoms with E-state index in [0.717, 1.165) is 12.1 Å². The largest absolute Gasteiger partial charge is 0.379 e. The Morgan fingerprint density at radius 2 is 1.44 bits per heavy atom. The molecule has 2 aromatic rings. The Balaban J connectivity index is 2.06. The molecule has 2 rings (SSSR count). The van der Waals surface area contributed by atoms with Gasteiger partial charge in [-0.25, -0.2) is 0 Å². The fourth-order valence-electron chi connectivity index (χ4n) is 1.75.